The van der Waals surface area contributed by atoms with Crippen LogP contribution in [0, 0.1) is 0 Å². The first-order chi connectivity index (χ1) is 10.9. The minimum absolute atomic E-state index is 0.200. The Hall–Kier alpha value is -1.85. The van der Waals surface area contributed by atoms with Gasteiger partial charge in [0.1, 0.15) is 15.9 Å². The van der Waals surface area contributed by atoms with E-state index in [9.17, 15) is 18.1 Å². The second-order valence-corrected chi connectivity index (χ2v) is 7.02. The highest BCUT2D eigenvalue weighted by atomic mass is 32.2. The number of aromatic hydroxyl groups is 1. The van der Waals surface area contributed by atoms with Gasteiger partial charge in [0.15, 0.2) is 0 Å². The largest absolute Gasteiger partial charge is 0.744 e. The first-order valence-corrected chi connectivity index (χ1v) is 9.12. The fraction of sp³-hybridized carbons (Fsp3) is 0.333. The average molecular weight is 333 g/mol. The molecular weight excluding hydrogens is 312 g/mol. The van der Waals surface area contributed by atoms with E-state index in [1.165, 1.54) is 12.1 Å². The van der Waals surface area contributed by atoms with Gasteiger partial charge in [0.2, 0.25) is 0 Å². The summed E-state index contributed by atoms with van der Waals surface area (Å²) in [4.78, 5) is -0.200. The van der Waals surface area contributed by atoms with Gasteiger partial charge in [-0.3, -0.25) is 0 Å². The number of hydrogen-bond donors (Lipinski definition) is 1. The van der Waals surface area contributed by atoms with Gasteiger partial charge in [-0.1, -0.05) is 38.1 Å². The van der Waals surface area contributed by atoms with Crippen LogP contribution in [0.1, 0.15) is 49.7 Å². The molecule has 0 aromatic heterocycles. The third-order valence-electron chi connectivity index (χ3n) is 4.28. The Balaban J connectivity index is 2.35. The van der Waals surface area contributed by atoms with Crippen LogP contribution in [-0.2, 0) is 10.1 Å². The summed E-state index contributed by atoms with van der Waals surface area (Å²) in [5, 5.41) is 9.44. The fourth-order valence-corrected chi connectivity index (χ4v) is 3.58. The van der Waals surface area contributed by atoms with E-state index in [4.69, 9.17) is 0 Å². The van der Waals surface area contributed by atoms with E-state index in [2.05, 4.69) is 13.8 Å². The summed E-state index contributed by atoms with van der Waals surface area (Å²) in [6, 6.07) is 13.4. The lowest BCUT2D eigenvalue weighted by Crippen LogP contribution is -2.10. The van der Waals surface area contributed by atoms with Gasteiger partial charge in [0, 0.05) is 0 Å². The molecule has 5 heteroatoms. The van der Waals surface area contributed by atoms with Crippen LogP contribution in [0.2, 0.25) is 0 Å². The van der Waals surface area contributed by atoms with Gasteiger partial charge in [-0.25, -0.2) is 8.42 Å². The molecule has 23 heavy (non-hydrogen) atoms. The summed E-state index contributed by atoms with van der Waals surface area (Å²) < 4.78 is 33.1. The monoisotopic (exact) mass is 333 g/mol. The molecule has 0 aliphatic heterocycles. The fourth-order valence-electron chi connectivity index (χ4n) is 3.11. The van der Waals surface area contributed by atoms with Crippen LogP contribution in [0.3, 0.4) is 0 Å². The Labute approximate surface area is 137 Å². The van der Waals surface area contributed by atoms with Gasteiger partial charge in [-0.2, -0.15) is 0 Å². The Morgan fingerprint density at radius 3 is 1.61 bits per heavy atom. The maximum absolute atomic E-state index is 11.0. The van der Waals surface area contributed by atoms with Crippen molar-refractivity contribution in [2.24, 2.45) is 0 Å². The normalized spacial score (nSPS) is 14.4. The molecule has 2 aromatic carbocycles. The Kier molecular flexibility index (Phi) is 5.44. The van der Waals surface area contributed by atoms with Crippen molar-refractivity contribution in [2.45, 2.75) is 43.4 Å². The van der Waals surface area contributed by atoms with Crippen molar-refractivity contribution >= 4 is 10.1 Å². The first kappa shape index (κ1) is 17.5. The van der Waals surface area contributed by atoms with E-state index in [0.29, 0.717) is 0 Å². The van der Waals surface area contributed by atoms with Crippen LogP contribution in [0.15, 0.2) is 53.4 Å². The second-order valence-electron chi connectivity index (χ2n) is 5.64. The van der Waals surface area contributed by atoms with E-state index in [0.717, 1.165) is 24.0 Å². The molecule has 0 heterocycles. The summed E-state index contributed by atoms with van der Waals surface area (Å²) in [5.74, 6) is 0.713. The zero-order chi connectivity index (χ0) is 17.0. The number of benzene rings is 2. The third kappa shape index (κ3) is 4.12. The van der Waals surface area contributed by atoms with Crippen molar-refractivity contribution in [2.75, 3.05) is 0 Å². The molecule has 0 radical (unpaired) electrons. The first-order valence-electron chi connectivity index (χ1n) is 7.71. The van der Waals surface area contributed by atoms with Crippen molar-refractivity contribution in [3.63, 3.8) is 0 Å². The summed E-state index contributed by atoms with van der Waals surface area (Å²) in [6.07, 6.45) is 1.81. The molecule has 124 valence electrons. The Bertz CT molecular complexity index is 734. The van der Waals surface area contributed by atoms with Crippen molar-refractivity contribution in [3.05, 3.63) is 59.7 Å². The molecule has 0 saturated carbocycles. The highest BCUT2D eigenvalue weighted by molar-refractivity contribution is 7.85. The van der Waals surface area contributed by atoms with E-state index in [1.54, 1.807) is 24.3 Å². The highest BCUT2D eigenvalue weighted by Gasteiger charge is 2.22. The number of phenolic OH excluding ortho intramolecular Hbond substituents is 1. The molecule has 0 bridgehead atoms. The lowest BCUT2D eigenvalue weighted by atomic mass is 9.78. The van der Waals surface area contributed by atoms with Crippen molar-refractivity contribution in [1.29, 1.82) is 0 Å². The van der Waals surface area contributed by atoms with Gasteiger partial charge in [-0.15, -0.1) is 0 Å². The van der Waals surface area contributed by atoms with Crippen molar-refractivity contribution < 1.29 is 18.1 Å². The van der Waals surface area contributed by atoms with Crippen molar-refractivity contribution in [3.8, 4) is 5.75 Å². The van der Waals surface area contributed by atoms with Gasteiger partial charge in [0.25, 0.3) is 0 Å². The predicted molar refractivity (Wildman–Crippen MR) is 88.6 cm³/mol. The summed E-state index contributed by atoms with van der Waals surface area (Å²) in [7, 11) is -4.41. The zero-order valence-corrected chi connectivity index (χ0v) is 14.1. The topological polar surface area (TPSA) is 77.4 Å². The number of phenols is 1. The molecule has 2 rings (SSSR count). The minimum Gasteiger partial charge on any atom is -0.744 e. The average Bonchev–Trinajstić information content (AvgIpc) is 2.53. The molecule has 0 saturated heterocycles. The summed E-state index contributed by atoms with van der Waals surface area (Å²) >= 11 is 0. The molecule has 0 fully saturated rings. The van der Waals surface area contributed by atoms with Crippen LogP contribution < -0.4 is 0 Å². The third-order valence-corrected chi connectivity index (χ3v) is 5.13. The van der Waals surface area contributed by atoms with Gasteiger partial charge < -0.3 is 9.66 Å². The lowest BCUT2D eigenvalue weighted by molar-refractivity contribution is 0.462. The van der Waals surface area contributed by atoms with E-state index in [-0.39, 0.29) is 22.5 Å². The molecule has 0 aliphatic rings. The highest BCUT2D eigenvalue weighted by Crippen LogP contribution is 2.38. The quantitative estimate of drug-likeness (QED) is 0.811. The molecule has 0 spiro atoms. The summed E-state index contributed by atoms with van der Waals surface area (Å²) in [5.41, 5.74) is 2.15. The molecule has 2 atom stereocenters. The SMILES string of the molecule is CCC(c1ccc(O)cc1)C(CC)c1ccc(S(=O)(=O)[O-])cc1. The Morgan fingerprint density at radius 1 is 0.870 bits per heavy atom. The van der Waals surface area contributed by atoms with E-state index in [1.807, 2.05) is 12.1 Å². The van der Waals surface area contributed by atoms with Gasteiger partial charge in [0.05, 0.1) is 4.90 Å². The number of hydrogen-bond acceptors (Lipinski definition) is 4. The molecular formula is C18H21O4S-. The lowest BCUT2D eigenvalue weighted by Gasteiger charge is -2.26. The molecule has 2 unspecified atom stereocenters. The smallest absolute Gasteiger partial charge is 0.124 e. The van der Waals surface area contributed by atoms with Crippen LogP contribution >= 0.6 is 0 Å². The Morgan fingerprint density at radius 2 is 1.26 bits per heavy atom. The molecule has 0 amide bonds. The maximum atomic E-state index is 11.0. The molecule has 0 aliphatic carbocycles. The van der Waals surface area contributed by atoms with E-state index < -0.39 is 10.1 Å². The van der Waals surface area contributed by atoms with Crippen LogP contribution in [0.5, 0.6) is 5.75 Å². The standard InChI is InChI=1S/C18H22O4S/c1-3-17(13-5-9-15(19)10-6-13)18(4-2)14-7-11-16(12-8-14)23(20,21)22/h5-12,17-19H,3-4H2,1-2H3,(H,20,21,22)/p-1. The zero-order valence-electron chi connectivity index (χ0n) is 13.3. The van der Waals surface area contributed by atoms with Crippen LogP contribution in [0.25, 0.3) is 0 Å². The van der Waals surface area contributed by atoms with Crippen LogP contribution in [0.4, 0.5) is 0 Å². The molecule has 1 N–H and O–H groups in total. The minimum atomic E-state index is -4.41. The molecule has 4 nitrogen and oxygen atoms in total. The molecule has 2 aromatic rings. The van der Waals surface area contributed by atoms with Crippen molar-refractivity contribution in [1.82, 2.24) is 0 Å². The van der Waals surface area contributed by atoms with Crippen LogP contribution in [-0.4, -0.2) is 18.1 Å². The van der Waals surface area contributed by atoms with Gasteiger partial charge >= 0.3 is 0 Å². The predicted octanol–water partition coefficient (Wildman–Crippen LogP) is 3.98. The van der Waals surface area contributed by atoms with Gasteiger partial charge in [-0.05, 0) is 60.1 Å². The second kappa shape index (κ2) is 7.15. The maximum Gasteiger partial charge on any atom is 0.124 e. The number of rotatable bonds is 6. The summed E-state index contributed by atoms with van der Waals surface area (Å²) in [6.45, 7) is 4.20. The van der Waals surface area contributed by atoms with E-state index >= 15 is 0 Å².